The standard InChI is InChI=1S/C40H25O3PS/c41-44(27-11-3-1-4-12-27,28-13-5-2-6-14-28)38-22-20-29(30-15-7-8-16-31(30)38)26-19-21-34-35(23-26)43-37-25-40-33(24-36(37)42-34)32-17-9-10-18-39(32)45-40/h1-25H. The fraction of sp³-hybridized carbons (Fsp3) is 0. The summed E-state index contributed by atoms with van der Waals surface area (Å²) in [6, 6.07) is 50.7. The van der Waals surface area contributed by atoms with Crippen molar-refractivity contribution in [3.8, 4) is 34.1 Å². The Morgan fingerprint density at radius 1 is 0.444 bits per heavy atom. The number of ether oxygens (including phenoxy) is 2. The van der Waals surface area contributed by atoms with Crippen molar-refractivity contribution in [2.24, 2.45) is 0 Å². The summed E-state index contributed by atoms with van der Waals surface area (Å²) in [5.74, 6) is 2.79. The molecule has 0 aliphatic carbocycles. The predicted molar refractivity (Wildman–Crippen MR) is 188 cm³/mol. The van der Waals surface area contributed by atoms with E-state index in [0.29, 0.717) is 17.2 Å². The lowest BCUT2D eigenvalue weighted by molar-refractivity contribution is 0.360. The second-order valence-corrected chi connectivity index (χ2v) is 15.0. The normalized spacial score (nSPS) is 12.4. The number of hydrogen-bond acceptors (Lipinski definition) is 4. The molecule has 9 rings (SSSR count). The molecule has 0 N–H and O–H groups in total. The highest BCUT2D eigenvalue weighted by atomic mass is 32.1. The second kappa shape index (κ2) is 10.2. The molecule has 0 saturated heterocycles. The van der Waals surface area contributed by atoms with Crippen LogP contribution < -0.4 is 25.4 Å². The lowest BCUT2D eigenvalue weighted by Crippen LogP contribution is -2.25. The Morgan fingerprint density at radius 2 is 1.04 bits per heavy atom. The highest BCUT2D eigenvalue weighted by molar-refractivity contribution is 7.85. The quantitative estimate of drug-likeness (QED) is 0.185. The Labute approximate surface area is 264 Å². The molecule has 0 amide bonds. The van der Waals surface area contributed by atoms with Crippen LogP contribution in [0.15, 0.2) is 152 Å². The van der Waals surface area contributed by atoms with E-state index < -0.39 is 7.14 Å². The fourth-order valence-corrected chi connectivity index (χ4v) is 10.5. The van der Waals surface area contributed by atoms with Gasteiger partial charge in [-0.3, -0.25) is 0 Å². The van der Waals surface area contributed by atoms with Crippen LogP contribution >= 0.6 is 18.5 Å². The van der Waals surface area contributed by atoms with Gasteiger partial charge < -0.3 is 14.0 Å². The molecule has 0 fully saturated rings. The van der Waals surface area contributed by atoms with Gasteiger partial charge in [-0.1, -0.05) is 115 Å². The molecule has 5 heteroatoms. The van der Waals surface area contributed by atoms with E-state index >= 15 is 4.57 Å². The van der Waals surface area contributed by atoms with Crippen LogP contribution in [-0.2, 0) is 4.57 Å². The Kier molecular flexibility index (Phi) is 5.96. The number of hydrogen-bond donors (Lipinski definition) is 0. The molecule has 1 aliphatic heterocycles. The molecule has 0 radical (unpaired) electrons. The summed E-state index contributed by atoms with van der Waals surface area (Å²) in [7, 11) is -3.16. The lowest BCUT2D eigenvalue weighted by atomic mass is 9.98. The highest BCUT2D eigenvalue weighted by Crippen LogP contribution is 2.51. The van der Waals surface area contributed by atoms with Gasteiger partial charge in [-0.2, -0.15) is 0 Å². The summed E-state index contributed by atoms with van der Waals surface area (Å²) in [5.41, 5.74) is 2.04. The molecule has 1 aliphatic rings. The molecule has 7 aromatic carbocycles. The van der Waals surface area contributed by atoms with Crippen LogP contribution in [0.3, 0.4) is 0 Å². The van der Waals surface area contributed by atoms with Gasteiger partial charge in [0.2, 0.25) is 0 Å². The Morgan fingerprint density at radius 3 is 1.80 bits per heavy atom. The maximum absolute atomic E-state index is 15.3. The molecule has 2 heterocycles. The average Bonchev–Trinajstić information content (AvgIpc) is 3.46. The molecule has 3 nitrogen and oxygen atoms in total. The van der Waals surface area contributed by atoms with Gasteiger partial charge in [0.05, 0.1) is 0 Å². The molecule has 0 unspecified atom stereocenters. The zero-order valence-corrected chi connectivity index (χ0v) is 25.7. The maximum atomic E-state index is 15.3. The van der Waals surface area contributed by atoms with E-state index in [1.807, 2.05) is 91.0 Å². The van der Waals surface area contributed by atoms with E-state index in [2.05, 4.69) is 60.7 Å². The van der Waals surface area contributed by atoms with Gasteiger partial charge in [0, 0.05) is 42.2 Å². The SMILES string of the molecule is O=P(c1ccccc1)(c1ccccc1)c1ccc(-c2ccc3c(c2)Oc2cc4sc5ccccc5c4cc2O3)c2ccccc12. The second-order valence-electron chi connectivity index (χ2n) is 11.2. The zero-order valence-electron chi connectivity index (χ0n) is 24.0. The fourth-order valence-electron chi connectivity index (χ4n) is 6.48. The smallest absolute Gasteiger partial charge is 0.171 e. The number of rotatable bonds is 4. The van der Waals surface area contributed by atoms with Crippen molar-refractivity contribution >= 4 is 65.3 Å². The van der Waals surface area contributed by atoms with E-state index in [0.717, 1.165) is 43.6 Å². The summed E-state index contributed by atoms with van der Waals surface area (Å²) < 4.78 is 30.6. The first kappa shape index (κ1) is 26.3. The minimum Gasteiger partial charge on any atom is -0.449 e. The van der Waals surface area contributed by atoms with E-state index in [1.165, 1.54) is 20.2 Å². The monoisotopic (exact) mass is 616 g/mol. The van der Waals surface area contributed by atoms with Crippen molar-refractivity contribution in [2.75, 3.05) is 0 Å². The first-order chi connectivity index (χ1) is 22.2. The van der Waals surface area contributed by atoms with Crippen molar-refractivity contribution in [3.63, 3.8) is 0 Å². The van der Waals surface area contributed by atoms with Gasteiger partial charge in [0.1, 0.15) is 0 Å². The van der Waals surface area contributed by atoms with Crippen molar-refractivity contribution < 1.29 is 14.0 Å². The Balaban J connectivity index is 1.16. The van der Waals surface area contributed by atoms with E-state index in [4.69, 9.17) is 9.47 Å². The average molecular weight is 617 g/mol. The van der Waals surface area contributed by atoms with Crippen molar-refractivity contribution in [2.45, 2.75) is 0 Å². The highest BCUT2D eigenvalue weighted by Gasteiger charge is 2.32. The van der Waals surface area contributed by atoms with Crippen molar-refractivity contribution in [3.05, 3.63) is 152 Å². The van der Waals surface area contributed by atoms with Gasteiger partial charge in [-0.15, -0.1) is 11.3 Å². The van der Waals surface area contributed by atoms with Crippen LogP contribution in [0.4, 0.5) is 0 Å². The molecule has 0 bridgehead atoms. The largest absolute Gasteiger partial charge is 0.449 e. The van der Waals surface area contributed by atoms with Gasteiger partial charge in [-0.25, -0.2) is 0 Å². The molecule has 8 aromatic rings. The Hall–Kier alpha value is -5.15. The lowest BCUT2D eigenvalue weighted by Gasteiger charge is -2.23. The van der Waals surface area contributed by atoms with Gasteiger partial charge in [0.15, 0.2) is 30.1 Å². The molecule has 45 heavy (non-hydrogen) atoms. The van der Waals surface area contributed by atoms with Crippen LogP contribution in [0.25, 0.3) is 42.1 Å². The van der Waals surface area contributed by atoms with Crippen molar-refractivity contribution in [1.82, 2.24) is 0 Å². The topological polar surface area (TPSA) is 35.5 Å². The van der Waals surface area contributed by atoms with Crippen LogP contribution in [0.2, 0.25) is 0 Å². The van der Waals surface area contributed by atoms with Crippen LogP contribution in [0.1, 0.15) is 0 Å². The van der Waals surface area contributed by atoms with Gasteiger partial charge >= 0.3 is 0 Å². The van der Waals surface area contributed by atoms with Crippen molar-refractivity contribution in [1.29, 1.82) is 0 Å². The zero-order chi connectivity index (χ0) is 30.0. The molecule has 0 spiro atoms. The summed E-state index contributed by atoms with van der Waals surface area (Å²) in [5, 5.41) is 6.87. The summed E-state index contributed by atoms with van der Waals surface area (Å²) in [4.78, 5) is 0. The summed E-state index contributed by atoms with van der Waals surface area (Å²) >= 11 is 1.76. The molecule has 214 valence electrons. The maximum Gasteiger partial charge on any atom is 0.171 e. The molecule has 1 aromatic heterocycles. The third kappa shape index (κ3) is 4.14. The third-order valence-electron chi connectivity index (χ3n) is 8.62. The summed E-state index contributed by atoms with van der Waals surface area (Å²) in [6.45, 7) is 0. The van der Waals surface area contributed by atoms with E-state index in [9.17, 15) is 0 Å². The van der Waals surface area contributed by atoms with Crippen LogP contribution in [0.5, 0.6) is 23.0 Å². The molecular formula is C40H25O3PS. The van der Waals surface area contributed by atoms with E-state index in [-0.39, 0.29) is 0 Å². The minimum absolute atomic E-state index is 0.674. The Bertz CT molecular complexity index is 2420. The van der Waals surface area contributed by atoms with Crippen LogP contribution in [-0.4, -0.2) is 0 Å². The molecular weight excluding hydrogens is 591 g/mol. The van der Waals surface area contributed by atoms with Gasteiger partial charge in [0.25, 0.3) is 0 Å². The molecule has 0 atom stereocenters. The predicted octanol–water partition coefficient (Wildman–Crippen LogP) is 10.4. The molecule has 0 saturated carbocycles. The first-order valence-corrected chi connectivity index (χ1v) is 17.4. The minimum atomic E-state index is -3.16. The van der Waals surface area contributed by atoms with Crippen LogP contribution in [0, 0.1) is 0 Å². The number of fused-ring (bicyclic) bond motifs is 6. The third-order valence-corrected chi connectivity index (χ3v) is 12.9. The first-order valence-electron chi connectivity index (χ1n) is 14.9. The van der Waals surface area contributed by atoms with Gasteiger partial charge in [-0.05, 0) is 52.2 Å². The van der Waals surface area contributed by atoms with E-state index in [1.54, 1.807) is 11.3 Å². The number of benzene rings is 7. The number of thiophene rings is 1. The summed E-state index contributed by atoms with van der Waals surface area (Å²) in [6.07, 6.45) is 0.